The number of benzene rings is 1. The van der Waals surface area contributed by atoms with Gasteiger partial charge in [-0.2, -0.15) is 0 Å². The standard InChI is InChI=1S/C16H27NO2/c1-5-9-19-15-8-7-14(16(18)10-15)12-17(6-2)11-13(3)4/h7-8,10,13,18H,5-6,9,11-12H2,1-4H3. The molecule has 0 aliphatic heterocycles. The van der Waals surface area contributed by atoms with Gasteiger partial charge in [0.05, 0.1) is 6.61 Å². The summed E-state index contributed by atoms with van der Waals surface area (Å²) in [4.78, 5) is 2.34. The van der Waals surface area contributed by atoms with Crippen molar-refractivity contribution >= 4 is 0 Å². The molecule has 1 N–H and O–H groups in total. The minimum absolute atomic E-state index is 0.329. The van der Waals surface area contributed by atoms with Crippen molar-refractivity contribution < 1.29 is 9.84 Å². The highest BCUT2D eigenvalue weighted by Crippen LogP contribution is 2.25. The first-order chi connectivity index (χ1) is 9.06. The highest BCUT2D eigenvalue weighted by molar-refractivity contribution is 5.39. The van der Waals surface area contributed by atoms with E-state index in [1.807, 2.05) is 12.1 Å². The van der Waals surface area contributed by atoms with E-state index in [4.69, 9.17) is 4.74 Å². The van der Waals surface area contributed by atoms with E-state index in [0.717, 1.165) is 37.4 Å². The van der Waals surface area contributed by atoms with Crippen molar-refractivity contribution in [1.82, 2.24) is 4.90 Å². The van der Waals surface area contributed by atoms with Crippen LogP contribution in [0.5, 0.6) is 11.5 Å². The first-order valence-electron chi connectivity index (χ1n) is 7.23. The van der Waals surface area contributed by atoms with E-state index < -0.39 is 0 Å². The van der Waals surface area contributed by atoms with Crippen molar-refractivity contribution in [2.45, 2.75) is 40.7 Å². The molecule has 3 heteroatoms. The summed E-state index contributed by atoms with van der Waals surface area (Å²) >= 11 is 0. The maximum absolute atomic E-state index is 10.1. The van der Waals surface area contributed by atoms with Crippen LogP contribution in [-0.4, -0.2) is 29.7 Å². The molecule has 0 saturated carbocycles. The molecule has 19 heavy (non-hydrogen) atoms. The molecule has 0 aliphatic carbocycles. The fourth-order valence-electron chi connectivity index (χ4n) is 2.05. The summed E-state index contributed by atoms with van der Waals surface area (Å²) in [5.41, 5.74) is 0.964. The second-order valence-corrected chi connectivity index (χ2v) is 5.36. The predicted octanol–water partition coefficient (Wildman–Crippen LogP) is 3.66. The summed E-state index contributed by atoms with van der Waals surface area (Å²) in [5, 5.41) is 10.1. The van der Waals surface area contributed by atoms with Gasteiger partial charge in [0, 0.05) is 24.7 Å². The first-order valence-corrected chi connectivity index (χ1v) is 7.23. The Labute approximate surface area is 117 Å². The van der Waals surface area contributed by atoms with Gasteiger partial charge in [-0.3, -0.25) is 4.90 Å². The molecule has 0 radical (unpaired) electrons. The van der Waals surface area contributed by atoms with E-state index in [9.17, 15) is 5.11 Å². The van der Waals surface area contributed by atoms with Crippen LogP contribution in [0.25, 0.3) is 0 Å². The van der Waals surface area contributed by atoms with E-state index in [-0.39, 0.29) is 0 Å². The molecule has 0 saturated heterocycles. The Hall–Kier alpha value is -1.22. The maximum Gasteiger partial charge on any atom is 0.123 e. The quantitative estimate of drug-likeness (QED) is 0.778. The van der Waals surface area contributed by atoms with E-state index in [1.165, 1.54) is 0 Å². The molecule has 0 atom stereocenters. The Morgan fingerprint density at radius 2 is 2.00 bits per heavy atom. The van der Waals surface area contributed by atoms with Gasteiger partial charge in [0.25, 0.3) is 0 Å². The number of hydrogen-bond donors (Lipinski definition) is 1. The van der Waals surface area contributed by atoms with Crippen LogP contribution in [0.1, 0.15) is 39.7 Å². The van der Waals surface area contributed by atoms with E-state index in [1.54, 1.807) is 6.07 Å². The zero-order valence-corrected chi connectivity index (χ0v) is 12.6. The number of nitrogens with zero attached hydrogens (tertiary/aromatic N) is 1. The number of ether oxygens (including phenoxy) is 1. The Morgan fingerprint density at radius 3 is 2.53 bits per heavy atom. The number of phenolic OH excluding ortho intramolecular Hbond substituents is 1. The molecule has 0 fully saturated rings. The molecule has 1 aromatic carbocycles. The number of rotatable bonds is 8. The third-order valence-corrected chi connectivity index (χ3v) is 2.99. The average Bonchev–Trinajstić information content (AvgIpc) is 2.37. The Kier molecular flexibility index (Phi) is 6.71. The van der Waals surface area contributed by atoms with Crippen LogP contribution < -0.4 is 4.74 Å². The van der Waals surface area contributed by atoms with Gasteiger partial charge in [0.1, 0.15) is 11.5 Å². The first kappa shape index (κ1) is 15.8. The molecule has 0 unspecified atom stereocenters. The SMILES string of the molecule is CCCOc1ccc(CN(CC)CC(C)C)c(O)c1. The summed E-state index contributed by atoms with van der Waals surface area (Å²) in [7, 11) is 0. The Morgan fingerprint density at radius 1 is 1.26 bits per heavy atom. The molecule has 1 rings (SSSR count). The maximum atomic E-state index is 10.1. The third-order valence-electron chi connectivity index (χ3n) is 2.99. The lowest BCUT2D eigenvalue weighted by atomic mass is 10.1. The predicted molar refractivity (Wildman–Crippen MR) is 79.7 cm³/mol. The second kappa shape index (κ2) is 8.05. The van der Waals surface area contributed by atoms with Gasteiger partial charge in [-0.25, -0.2) is 0 Å². The lowest BCUT2D eigenvalue weighted by Crippen LogP contribution is -2.27. The minimum Gasteiger partial charge on any atom is -0.507 e. The molecule has 1 aromatic rings. The van der Waals surface area contributed by atoms with Gasteiger partial charge in [-0.15, -0.1) is 0 Å². The molecule has 0 spiro atoms. The van der Waals surface area contributed by atoms with Gasteiger partial charge in [0.15, 0.2) is 0 Å². The summed E-state index contributed by atoms with van der Waals surface area (Å²) < 4.78 is 5.51. The molecule has 0 aromatic heterocycles. The topological polar surface area (TPSA) is 32.7 Å². The molecule has 108 valence electrons. The van der Waals surface area contributed by atoms with Crippen LogP contribution in [0.2, 0.25) is 0 Å². The van der Waals surface area contributed by atoms with Crippen LogP contribution in [0.4, 0.5) is 0 Å². The summed E-state index contributed by atoms with van der Waals surface area (Å²) in [6.07, 6.45) is 0.973. The molecular weight excluding hydrogens is 238 g/mol. The molecular formula is C16H27NO2. The molecule has 0 amide bonds. The lowest BCUT2D eigenvalue weighted by molar-refractivity contribution is 0.245. The van der Waals surface area contributed by atoms with Gasteiger partial charge < -0.3 is 9.84 Å². The fourth-order valence-corrected chi connectivity index (χ4v) is 2.05. The van der Waals surface area contributed by atoms with Crippen LogP contribution in [-0.2, 0) is 6.54 Å². The van der Waals surface area contributed by atoms with Gasteiger partial charge in [-0.05, 0) is 24.9 Å². The van der Waals surface area contributed by atoms with E-state index in [0.29, 0.717) is 18.3 Å². The molecule has 3 nitrogen and oxygen atoms in total. The normalized spacial score (nSPS) is 11.3. The second-order valence-electron chi connectivity index (χ2n) is 5.36. The third kappa shape index (κ3) is 5.52. The van der Waals surface area contributed by atoms with Crippen molar-refractivity contribution in [1.29, 1.82) is 0 Å². The molecule has 0 aliphatic rings. The Balaban J connectivity index is 2.67. The van der Waals surface area contributed by atoms with Gasteiger partial charge in [0.2, 0.25) is 0 Å². The minimum atomic E-state index is 0.329. The van der Waals surface area contributed by atoms with E-state index >= 15 is 0 Å². The lowest BCUT2D eigenvalue weighted by Gasteiger charge is -2.23. The number of aromatic hydroxyl groups is 1. The van der Waals surface area contributed by atoms with Crippen molar-refractivity contribution in [2.75, 3.05) is 19.7 Å². The number of hydrogen-bond acceptors (Lipinski definition) is 3. The highest BCUT2D eigenvalue weighted by Gasteiger charge is 2.10. The number of phenols is 1. The van der Waals surface area contributed by atoms with E-state index in [2.05, 4.69) is 32.6 Å². The van der Waals surface area contributed by atoms with Crippen molar-refractivity contribution in [3.63, 3.8) is 0 Å². The molecule has 0 heterocycles. The summed E-state index contributed by atoms with van der Waals surface area (Å²) in [6, 6.07) is 5.62. The van der Waals surface area contributed by atoms with Crippen molar-refractivity contribution in [2.24, 2.45) is 5.92 Å². The van der Waals surface area contributed by atoms with Crippen molar-refractivity contribution in [3.8, 4) is 11.5 Å². The van der Waals surface area contributed by atoms with Crippen LogP contribution in [0.15, 0.2) is 18.2 Å². The molecule has 0 bridgehead atoms. The largest absolute Gasteiger partial charge is 0.507 e. The highest BCUT2D eigenvalue weighted by atomic mass is 16.5. The summed E-state index contributed by atoms with van der Waals surface area (Å²) in [5.74, 6) is 1.71. The average molecular weight is 265 g/mol. The summed E-state index contributed by atoms with van der Waals surface area (Å²) in [6.45, 7) is 12.2. The zero-order valence-electron chi connectivity index (χ0n) is 12.6. The van der Waals surface area contributed by atoms with Crippen LogP contribution in [0, 0.1) is 5.92 Å². The zero-order chi connectivity index (χ0) is 14.3. The van der Waals surface area contributed by atoms with Gasteiger partial charge in [-0.1, -0.05) is 33.8 Å². The van der Waals surface area contributed by atoms with Crippen molar-refractivity contribution in [3.05, 3.63) is 23.8 Å². The monoisotopic (exact) mass is 265 g/mol. The fraction of sp³-hybridized carbons (Fsp3) is 0.625. The van der Waals surface area contributed by atoms with Gasteiger partial charge >= 0.3 is 0 Å². The Bertz CT molecular complexity index is 377. The van der Waals surface area contributed by atoms with Crippen LogP contribution >= 0.6 is 0 Å². The van der Waals surface area contributed by atoms with Crippen LogP contribution in [0.3, 0.4) is 0 Å². The smallest absolute Gasteiger partial charge is 0.123 e.